The van der Waals surface area contributed by atoms with E-state index in [9.17, 15) is 0 Å². The van der Waals surface area contributed by atoms with Crippen molar-refractivity contribution >= 4 is 11.6 Å². The van der Waals surface area contributed by atoms with Gasteiger partial charge in [-0.3, -0.25) is 0 Å². The topological polar surface area (TPSA) is 49.3 Å². The van der Waals surface area contributed by atoms with Crippen LogP contribution in [0.15, 0.2) is 59.6 Å². The first-order valence-corrected chi connectivity index (χ1v) is 11.5. The predicted octanol–water partition coefficient (Wildman–Crippen LogP) is 3.53. The van der Waals surface area contributed by atoms with Gasteiger partial charge in [0.05, 0.1) is 19.8 Å². The Morgan fingerprint density at radius 1 is 1.00 bits per heavy atom. The number of likely N-dealkylation sites (tertiary alicyclic amines) is 1. The quantitative estimate of drug-likeness (QED) is 0.570. The SMILES string of the molecule is CCNC(=NCc1ccccc1N1CCOCC1)N1CCC(Oc2ccccc2)CC1. The minimum atomic E-state index is 0.267. The summed E-state index contributed by atoms with van der Waals surface area (Å²) in [7, 11) is 0. The molecule has 2 aliphatic rings. The highest BCUT2D eigenvalue weighted by molar-refractivity contribution is 5.80. The van der Waals surface area contributed by atoms with E-state index in [1.165, 1.54) is 11.3 Å². The molecule has 0 radical (unpaired) electrons. The fourth-order valence-corrected chi connectivity index (χ4v) is 4.22. The summed E-state index contributed by atoms with van der Waals surface area (Å²) in [4.78, 5) is 9.78. The third kappa shape index (κ3) is 5.91. The van der Waals surface area contributed by atoms with Gasteiger partial charge in [-0.25, -0.2) is 4.99 Å². The van der Waals surface area contributed by atoms with Gasteiger partial charge in [0.15, 0.2) is 5.96 Å². The minimum Gasteiger partial charge on any atom is -0.490 e. The van der Waals surface area contributed by atoms with Crippen LogP contribution in [-0.2, 0) is 11.3 Å². The fourth-order valence-electron chi connectivity index (χ4n) is 4.22. The normalized spacial score (nSPS) is 18.2. The molecule has 0 aliphatic carbocycles. The van der Waals surface area contributed by atoms with Crippen LogP contribution < -0.4 is 15.0 Å². The molecular weight excluding hydrogens is 388 g/mol. The van der Waals surface area contributed by atoms with Crippen LogP contribution in [0.5, 0.6) is 5.75 Å². The molecule has 31 heavy (non-hydrogen) atoms. The molecule has 6 heteroatoms. The Balaban J connectivity index is 1.38. The number of anilines is 1. The van der Waals surface area contributed by atoms with Crippen molar-refractivity contribution in [1.82, 2.24) is 10.2 Å². The number of para-hydroxylation sites is 2. The number of benzene rings is 2. The molecular formula is C25H34N4O2. The maximum Gasteiger partial charge on any atom is 0.194 e. The van der Waals surface area contributed by atoms with Gasteiger partial charge in [-0.1, -0.05) is 36.4 Å². The van der Waals surface area contributed by atoms with Crippen molar-refractivity contribution in [2.45, 2.75) is 32.4 Å². The summed E-state index contributed by atoms with van der Waals surface area (Å²) in [5.74, 6) is 1.96. The first kappa shape index (κ1) is 21.5. The van der Waals surface area contributed by atoms with E-state index in [1.54, 1.807) is 0 Å². The summed E-state index contributed by atoms with van der Waals surface area (Å²) >= 11 is 0. The lowest BCUT2D eigenvalue weighted by atomic mass is 10.1. The highest BCUT2D eigenvalue weighted by atomic mass is 16.5. The van der Waals surface area contributed by atoms with Crippen molar-refractivity contribution in [3.63, 3.8) is 0 Å². The largest absolute Gasteiger partial charge is 0.490 e. The predicted molar refractivity (Wildman–Crippen MR) is 126 cm³/mol. The first-order chi connectivity index (χ1) is 15.3. The molecule has 2 heterocycles. The van der Waals surface area contributed by atoms with Crippen molar-refractivity contribution < 1.29 is 9.47 Å². The Morgan fingerprint density at radius 2 is 1.71 bits per heavy atom. The number of guanidine groups is 1. The molecule has 0 atom stereocenters. The van der Waals surface area contributed by atoms with E-state index in [1.807, 2.05) is 30.3 Å². The van der Waals surface area contributed by atoms with Crippen molar-refractivity contribution in [1.29, 1.82) is 0 Å². The summed E-state index contributed by atoms with van der Waals surface area (Å²) in [6.45, 7) is 9.04. The van der Waals surface area contributed by atoms with E-state index >= 15 is 0 Å². The number of hydrogen-bond acceptors (Lipinski definition) is 4. The molecule has 2 aliphatic heterocycles. The van der Waals surface area contributed by atoms with Crippen LogP contribution in [0, 0.1) is 0 Å². The number of nitrogens with one attached hydrogen (secondary N) is 1. The average Bonchev–Trinajstić information content (AvgIpc) is 2.84. The van der Waals surface area contributed by atoms with Gasteiger partial charge in [-0.15, -0.1) is 0 Å². The molecule has 2 saturated heterocycles. The molecule has 0 amide bonds. The molecule has 4 rings (SSSR count). The van der Waals surface area contributed by atoms with Crippen molar-refractivity contribution in [3.8, 4) is 5.75 Å². The zero-order valence-electron chi connectivity index (χ0n) is 18.5. The van der Waals surface area contributed by atoms with E-state index in [0.29, 0.717) is 6.54 Å². The second-order valence-corrected chi connectivity index (χ2v) is 8.02. The second-order valence-electron chi connectivity index (χ2n) is 8.02. The molecule has 6 nitrogen and oxygen atoms in total. The van der Waals surface area contributed by atoms with Crippen LogP contribution >= 0.6 is 0 Å². The Bertz CT molecular complexity index is 828. The molecule has 2 aromatic rings. The summed E-state index contributed by atoms with van der Waals surface area (Å²) in [6.07, 6.45) is 2.27. The van der Waals surface area contributed by atoms with Gasteiger partial charge in [0.2, 0.25) is 0 Å². The number of ether oxygens (including phenoxy) is 2. The molecule has 0 bridgehead atoms. The highest BCUT2D eigenvalue weighted by Crippen LogP contribution is 2.23. The van der Waals surface area contributed by atoms with Crippen LogP contribution in [0.1, 0.15) is 25.3 Å². The lowest BCUT2D eigenvalue weighted by molar-refractivity contribution is 0.122. The summed E-state index contributed by atoms with van der Waals surface area (Å²) in [5, 5.41) is 3.49. The molecule has 166 valence electrons. The van der Waals surface area contributed by atoms with Gasteiger partial charge in [-0.2, -0.15) is 0 Å². The van der Waals surface area contributed by atoms with Gasteiger partial charge in [0.1, 0.15) is 11.9 Å². The number of morpholine rings is 1. The molecule has 0 aromatic heterocycles. The third-order valence-electron chi connectivity index (χ3n) is 5.86. The summed E-state index contributed by atoms with van der Waals surface area (Å²) in [5.41, 5.74) is 2.54. The Hall–Kier alpha value is -2.73. The maximum absolute atomic E-state index is 6.15. The molecule has 2 aromatic carbocycles. The van der Waals surface area contributed by atoms with Gasteiger partial charge in [-0.05, 0) is 30.7 Å². The van der Waals surface area contributed by atoms with E-state index in [-0.39, 0.29) is 6.10 Å². The highest BCUT2D eigenvalue weighted by Gasteiger charge is 2.23. The fraction of sp³-hybridized carbons (Fsp3) is 0.480. The van der Waals surface area contributed by atoms with E-state index in [4.69, 9.17) is 14.5 Å². The molecule has 1 N–H and O–H groups in total. The Kier molecular flexibility index (Phi) is 7.66. The number of piperidine rings is 1. The van der Waals surface area contributed by atoms with Gasteiger partial charge >= 0.3 is 0 Å². The molecule has 0 unspecified atom stereocenters. The van der Waals surface area contributed by atoms with E-state index in [0.717, 1.165) is 70.5 Å². The third-order valence-corrected chi connectivity index (χ3v) is 5.86. The van der Waals surface area contributed by atoms with Crippen molar-refractivity contribution in [2.24, 2.45) is 4.99 Å². The van der Waals surface area contributed by atoms with Gasteiger partial charge < -0.3 is 24.6 Å². The average molecular weight is 423 g/mol. The molecule has 0 saturated carbocycles. The lowest BCUT2D eigenvalue weighted by Gasteiger charge is -2.34. The van der Waals surface area contributed by atoms with E-state index in [2.05, 4.69) is 46.3 Å². The Labute approximate surface area is 185 Å². The summed E-state index contributed by atoms with van der Waals surface area (Å²) < 4.78 is 11.7. The maximum atomic E-state index is 6.15. The number of rotatable bonds is 6. The summed E-state index contributed by atoms with van der Waals surface area (Å²) in [6, 6.07) is 18.7. The van der Waals surface area contributed by atoms with Gasteiger partial charge in [0.25, 0.3) is 0 Å². The minimum absolute atomic E-state index is 0.267. The van der Waals surface area contributed by atoms with Crippen molar-refractivity contribution in [2.75, 3.05) is 50.8 Å². The van der Waals surface area contributed by atoms with Crippen LogP contribution in [-0.4, -0.2) is 62.9 Å². The van der Waals surface area contributed by atoms with Crippen LogP contribution in [0.3, 0.4) is 0 Å². The van der Waals surface area contributed by atoms with Crippen LogP contribution in [0.4, 0.5) is 5.69 Å². The van der Waals surface area contributed by atoms with Crippen LogP contribution in [0.25, 0.3) is 0 Å². The first-order valence-electron chi connectivity index (χ1n) is 11.5. The lowest BCUT2D eigenvalue weighted by Crippen LogP contribution is -2.47. The smallest absolute Gasteiger partial charge is 0.194 e. The number of nitrogens with zero attached hydrogens (tertiary/aromatic N) is 3. The zero-order chi connectivity index (χ0) is 21.3. The van der Waals surface area contributed by atoms with Crippen LogP contribution in [0.2, 0.25) is 0 Å². The second kappa shape index (κ2) is 11.0. The number of aliphatic imine (C=N–C) groups is 1. The van der Waals surface area contributed by atoms with Crippen molar-refractivity contribution in [3.05, 3.63) is 60.2 Å². The monoisotopic (exact) mass is 422 g/mol. The number of hydrogen-bond donors (Lipinski definition) is 1. The Morgan fingerprint density at radius 3 is 2.45 bits per heavy atom. The van der Waals surface area contributed by atoms with Gasteiger partial charge in [0, 0.05) is 51.3 Å². The molecule has 0 spiro atoms. The zero-order valence-corrected chi connectivity index (χ0v) is 18.5. The van der Waals surface area contributed by atoms with E-state index < -0.39 is 0 Å². The molecule has 2 fully saturated rings. The standard InChI is InChI=1S/C25H34N4O2/c1-2-26-25(29-14-12-23(13-15-29)31-22-9-4-3-5-10-22)27-20-21-8-6-7-11-24(21)28-16-18-30-19-17-28/h3-11,23H,2,12-20H2,1H3,(H,26,27).